The molecule has 90 valence electrons. The van der Waals surface area contributed by atoms with Crippen molar-refractivity contribution in [1.82, 2.24) is 0 Å². The lowest BCUT2D eigenvalue weighted by Gasteiger charge is -2.25. The van der Waals surface area contributed by atoms with Gasteiger partial charge >= 0.3 is 5.97 Å². The van der Waals surface area contributed by atoms with Crippen LogP contribution in [0.5, 0.6) is 0 Å². The molecule has 0 aromatic rings. The lowest BCUT2D eigenvalue weighted by molar-refractivity contribution is -0.158. The predicted octanol–water partition coefficient (Wildman–Crippen LogP) is 0.503. The number of Topliss-reactive ketones (excluding diaryl/α,β-unsaturated/α-hetero) is 2. The average molecular weight is 228 g/mol. The molecule has 2 atom stereocenters. The van der Waals surface area contributed by atoms with Gasteiger partial charge < -0.3 is 9.47 Å². The van der Waals surface area contributed by atoms with E-state index in [1.165, 1.54) is 7.11 Å². The Morgan fingerprint density at radius 1 is 1.44 bits per heavy atom. The summed E-state index contributed by atoms with van der Waals surface area (Å²) in [6.45, 7) is 1.75. The lowest BCUT2D eigenvalue weighted by atomic mass is 9.83. The Hall–Kier alpha value is -1.23. The van der Waals surface area contributed by atoms with Crippen LogP contribution < -0.4 is 0 Å². The summed E-state index contributed by atoms with van der Waals surface area (Å²) in [6.07, 6.45) is 1.06. The molecule has 1 rings (SSSR count). The Bertz CT molecular complexity index is 297. The van der Waals surface area contributed by atoms with Gasteiger partial charge in [0.05, 0.1) is 18.6 Å². The van der Waals surface area contributed by atoms with Crippen molar-refractivity contribution in [2.75, 3.05) is 13.7 Å². The Morgan fingerprint density at radius 3 is 2.69 bits per heavy atom. The first-order valence-electron chi connectivity index (χ1n) is 5.36. The molecule has 0 aromatic heterocycles. The average Bonchev–Trinajstić information content (AvgIpc) is 2.29. The van der Waals surface area contributed by atoms with E-state index in [9.17, 15) is 14.4 Å². The van der Waals surface area contributed by atoms with Crippen LogP contribution in [0, 0.1) is 5.92 Å². The highest BCUT2D eigenvalue weighted by Gasteiger charge is 2.37. The van der Waals surface area contributed by atoms with E-state index >= 15 is 0 Å². The zero-order chi connectivity index (χ0) is 12.1. The van der Waals surface area contributed by atoms with Gasteiger partial charge in [0.25, 0.3) is 5.78 Å². The van der Waals surface area contributed by atoms with Crippen molar-refractivity contribution in [1.29, 1.82) is 0 Å². The third kappa shape index (κ3) is 2.88. The van der Waals surface area contributed by atoms with E-state index in [0.717, 1.165) is 0 Å². The molecule has 5 nitrogen and oxygen atoms in total. The highest BCUT2D eigenvalue weighted by atomic mass is 16.5. The molecule has 5 heteroatoms. The second-order valence-electron chi connectivity index (χ2n) is 3.74. The number of methoxy groups -OCH3 is 1. The molecule has 0 saturated heterocycles. The topological polar surface area (TPSA) is 69.7 Å². The van der Waals surface area contributed by atoms with Crippen LogP contribution in [0.25, 0.3) is 0 Å². The molecule has 0 heterocycles. The zero-order valence-corrected chi connectivity index (χ0v) is 9.52. The second kappa shape index (κ2) is 5.75. The molecule has 16 heavy (non-hydrogen) atoms. The van der Waals surface area contributed by atoms with Gasteiger partial charge in [0.15, 0.2) is 0 Å². The van der Waals surface area contributed by atoms with E-state index < -0.39 is 17.7 Å². The van der Waals surface area contributed by atoms with E-state index in [1.807, 2.05) is 0 Å². The van der Waals surface area contributed by atoms with Gasteiger partial charge in [-0.15, -0.1) is 0 Å². The SMILES string of the molecule is CCOC(=O)C(=O)C1CC(OC)CCC1=O. The van der Waals surface area contributed by atoms with Crippen molar-refractivity contribution in [3.05, 3.63) is 0 Å². The van der Waals surface area contributed by atoms with Crippen LogP contribution in [-0.4, -0.2) is 37.4 Å². The molecule has 1 fully saturated rings. The summed E-state index contributed by atoms with van der Waals surface area (Å²) in [5.74, 6) is -2.73. The summed E-state index contributed by atoms with van der Waals surface area (Å²) in [4.78, 5) is 34.3. The monoisotopic (exact) mass is 228 g/mol. The van der Waals surface area contributed by atoms with E-state index in [0.29, 0.717) is 6.42 Å². The fraction of sp³-hybridized carbons (Fsp3) is 0.727. The summed E-state index contributed by atoms with van der Waals surface area (Å²) in [5, 5.41) is 0. The first-order valence-corrected chi connectivity index (χ1v) is 5.36. The van der Waals surface area contributed by atoms with Gasteiger partial charge in [0.2, 0.25) is 0 Å². The molecule has 0 aromatic carbocycles. The van der Waals surface area contributed by atoms with Crippen molar-refractivity contribution in [2.24, 2.45) is 5.92 Å². The minimum absolute atomic E-state index is 0.124. The molecule has 1 saturated carbocycles. The van der Waals surface area contributed by atoms with Gasteiger partial charge in [-0.1, -0.05) is 0 Å². The number of ether oxygens (including phenoxy) is 2. The molecule has 0 aliphatic heterocycles. The van der Waals surface area contributed by atoms with Crippen molar-refractivity contribution >= 4 is 17.5 Å². The highest BCUT2D eigenvalue weighted by molar-refractivity contribution is 6.38. The van der Waals surface area contributed by atoms with Gasteiger partial charge in [-0.05, 0) is 19.8 Å². The standard InChI is InChI=1S/C11H16O5/c1-3-16-11(14)10(13)8-6-7(15-2)4-5-9(8)12/h7-8H,3-6H2,1-2H3. The van der Waals surface area contributed by atoms with E-state index in [2.05, 4.69) is 4.74 Å². The van der Waals surface area contributed by atoms with Crippen LogP contribution in [0.4, 0.5) is 0 Å². The largest absolute Gasteiger partial charge is 0.460 e. The van der Waals surface area contributed by atoms with Gasteiger partial charge in [0, 0.05) is 13.5 Å². The zero-order valence-electron chi connectivity index (χ0n) is 9.52. The second-order valence-corrected chi connectivity index (χ2v) is 3.74. The highest BCUT2D eigenvalue weighted by Crippen LogP contribution is 2.24. The Labute approximate surface area is 94.1 Å². The van der Waals surface area contributed by atoms with E-state index in [4.69, 9.17) is 4.74 Å². The molecule has 1 aliphatic rings. The summed E-state index contributed by atoms with van der Waals surface area (Å²) >= 11 is 0. The predicted molar refractivity (Wildman–Crippen MR) is 54.8 cm³/mol. The van der Waals surface area contributed by atoms with Crippen LogP contribution >= 0.6 is 0 Å². The number of carbonyl (C=O) groups is 3. The third-order valence-electron chi connectivity index (χ3n) is 2.73. The number of rotatable bonds is 4. The first kappa shape index (κ1) is 12.8. The number of carbonyl (C=O) groups excluding carboxylic acids is 3. The van der Waals surface area contributed by atoms with Crippen LogP contribution in [0.15, 0.2) is 0 Å². The normalized spacial score (nSPS) is 25.2. The van der Waals surface area contributed by atoms with E-state index in [-0.39, 0.29) is 31.3 Å². The Morgan fingerprint density at radius 2 is 2.12 bits per heavy atom. The minimum Gasteiger partial charge on any atom is -0.460 e. The molecule has 0 bridgehead atoms. The van der Waals surface area contributed by atoms with E-state index in [1.54, 1.807) is 6.92 Å². The van der Waals surface area contributed by atoms with Gasteiger partial charge in [-0.3, -0.25) is 9.59 Å². The molecule has 2 unspecified atom stereocenters. The Balaban J connectivity index is 2.65. The molecule has 1 aliphatic carbocycles. The first-order chi connectivity index (χ1) is 7.60. The minimum atomic E-state index is -0.919. The van der Waals surface area contributed by atoms with Crippen molar-refractivity contribution in [2.45, 2.75) is 32.3 Å². The van der Waals surface area contributed by atoms with Crippen LogP contribution in [0.3, 0.4) is 0 Å². The molecular formula is C11H16O5. The number of esters is 1. The maximum atomic E-state index is 11.6. The summed E-state index contributed by atoms with van der Waals surface area (Å²) in [7, 11) is 1.53. The van der Waals surface area contributed by atoms with Gasteiger partial charge in [-0.2, -0.15) is 0 Å². The van der Waals surface area contributed by atoms with Gasteiger partial charge in [0.1, 0.15) is 5.78 Å². The molecule has 0 radical (unpaired) electrons. The number of hydrogen-bond donors (Lipinski definition) is 0. The van der Waals surface area contributed by atoms with Crippen LogP contribution in [0.2, 0.25) is 0 Å². The van der Waals surface area contributed by atoms with Crippen LogP contribution in [0.1, 0.15) is 26.2 Å². The number of ketones is 2. The maximum absolute atomic E-state index is 11.6. The molecular weight excluding hydrogens is 212 g/mol. The van der Waals surface area contributed by atoms with Crippen molar-refractivity contribution in [3.8, 4) is 0 Å². The molecule has 0 spiro atoms. The Kier molecular flexibility index (Phi) is 4.61. The quantitative estimate of drug-likeness (QED) is 0.398. The number of hydrogen-bond acceptors (Lipinski definition) is 5. The van der Waals surface area contributed by atoms with Crippen molar-refractivity contribution in [3.63, 3.8) is 0 Å². The molecule has 0 amide bonds. The lowest BCUT2D eigenvalue weighted by Crippen LogP contribution is -2.38. The van der Waals surface area contributed by atoms with Gasteiger partial charge in [-0.25, -0.2) is 4.79 Å². The fourth-order valence-corrected chi connectivity index (χ4v) is 1.80. The fourth-order valence-electron chi connectivity index (χ4n) is 1.80. The summed E-state index contributed by atoms with van der Waals surface area (Å²) in [6, 6.07) is 0. The van der Waals surface area contributed by atoms with Crippen molar-refractivity contribution < 1.29 is 23.9 Å². The molecule has 0 N–H and O–H groups in total. The third-order valence-corrected chi connectivity index (χ3v) is 2.73. The summed E-state index contributed by atoms with van der Waals surface area (Å²) < 4.78 is 9.70. The summed E-state index contributed by atoms with van der Waals surface area (Å²) in [5.41, 5.74) is 0. The maximum Gasteiger partial charge on any atom is 0.375 e. The smallest absolute Gasteiger partial charge is 0.375 e. The van der Waals surface area contributed by atoms with Crippen LogP contribution in [-0.2, 0) is 23.9 Å².